The summed E-state index contributed by atoms with van der Waals surface area (Å²) in [4.78, 5) is 21.9. The summed E-state index contributed by atoms with van der Waals surface area (Å²) in [7, 11) is 0. The van der Waals surface area contributed by atoms with Gasteiger partial charge in [0, 0.05) is 32.3 Å². The minimum Gasteiger partial charge on any atom is -0.456 e. The van der Waals surface area contributed by atoms with E-state index in [4.69, 9.17) is 32.5 Å². The Bertz CT molecular complexity index is 1160. The molecule has 0 saturated heterocycles. The summed E-state index contributed by atoms with van der Waals surface area (Å²) in [5.41, 5.74) is 4.82. The average Bonchev–Trinajstić information content (AvgIpc) is 3.02. The molecule has 0 saturated carbocycles. The zero-order chi connectivity index (χ0) is 19.0. The highest BCUT2D eigenvalue weighted by Gasteiger charge is 2.17. The standard InChI is InChI=1S/C19H11Cl2IN2O3/c20-14-7-23-8-15(21)13(14)9-26-24-19(25)11-2-1-3-17-18(11)12-6-10(22)4-5-16(12)27-17/h1-8H,9H2,(H,24,25). The molecule has 1 amide bonds. The van der Waals surface area contributed by atoms with Crippen molar-refractivity contribution in [3.05, 3.63) is 73.5 Å². The highest BCUT2D eigenvalue weighted by molar-refractivity contribution is 14.1. The Morgan fingerprint density at radius 1 is 1.15 bits per heavy atom. The number of pyridine rings is 1. The van der Waals surface area contributed by atoms with E-state index in [0.717, 1.165) is 19.9 Å². The van der Waals surface area contributed by atoms with E-state index in [9.17, 15) is 4.79 Å². The summed E-state index contributed by atoms with van der Waals surface area (Å²) in [5, 5.41) is 2.36. The topological polar surface area (TPSA) is 64.4 Å². The van der Waals surface area contributed by atoms with Crippen molar-refractivity contribution in [1.82, 2.24) is 10.5 Å². The molecule has 1 N–H and O–H groups in total. The molecule has 8 heteroatoms. The molecule has 0 bridgehead atoms. The van der Waals surface area contributed by atoms with Crippen LogP contribution in [0.5, 0.6) is 0 Å². The van der Waals surface area contributed by atoms with Crippen molar-refractivity contribution in [2.24, 2.45) is 0 Å². The Hall–Kier alpha value is -1.87. The minimum atomic E-state index is -0.386. The first-order valence-corrected chi connectivity index (χ1v) is 9.69. The van der Waals surface area contributed by atoms with Crippen molar-refractivity contribution in [3.63, 3.8) is 0 Å². The number of hydroxylamine groups is 1. The molecule has 2 aromatic heterocycles. The predicted octanol–water partition coefficient (Wildman–Crippen LogP) is 5.75. The molecule has 0 fully saturated rings. The molecule has 0 aliphatic carbocycles. The highest BCUT2D eigenvalue weighted by Crippen LogP contribution is 2.32. The lowest BCUT2D eigenvalue weighted by Crippen LogP contribution is -2.23. The quantitative estimate of drug-likeness (QED) is 0.279. The van der Waals surface area contributed by atoms with Crippen LogP contribution in [0.4, 0.5) is 0 Å². The van der Waals surface area contributed by atoms with Gasteiger partial charge >= 0.3 is 0 Å². The van der Waals surface area contributed by atoms with Crippen molar-refractivity contribution < 1.29 is 14.0 Å². The second kappa shape index (κ2) is 7.63. The van der Waals surface area contributed by atoms with Gasteiger partial charge in [0.2, 0.25) is 0 Å². The molecule has 0 radical (unpaired) electrons. The van der Waals surface area contributed by atoms with Gasteiger partial charge in [-0.25, -0.2) is 5.48 Å². The molecular formula is C19H11Cl2IN2O3. The molecule has 27 heavy (non-hydrogen) atoms. The number of nitrogens with one attached hydrogen (secondary N) is 1. The number of aromatic nitrogens is 1. The molecule has 4 rings (SSSR count). The van der Waals surface area contributed by atoms with Crippen LogP contribution < -0.4 is 5.48 Å². The van der Waals surface area contributed by atoms with E-state index in [-0.39, 0.29) is 12.5 Å². The van der Waals surface area contributed by atoms with Gasteiger partial charge in [0.15, 0.2) is 0 Å². The second-order valence-corrected chi connectivity index (χ2v) is 7.78. The number of carbonyl (C=O) groups excluding carboxylic acids is 1. The Morgan fingerprint density at radius 3 is 2.70 bits per heavy atom. The maximum atomic E-state index is 12.7. The smallest absolute Gasteiger partial charge is 0.275 e. The van der Waals surface area contributed by atoms with Crippen LogP contribution in [-0.4, -0.2) is 10.9 Å². The van der Waals surface area contributed by atoms with Crippen LogP contribution in [0.2, 0.25) is 10.0 Å². The third-order valence-corrected chi connectivity index (χ3v) is 5.36. The van der Waals surface area contributed by atoms with Crippen LogP contribution in [0.15, 0.2) is 53.2 Å². The molecule has 0 spiro atoms. The van der Waals surface area contributed by atoms with Crippen molar-refractivity contribution in [3.8, 4) is 0 Å². The van der Waals surface area contributed by atoms with E-state index in [0.29, 0.717) is 26.8 Å². The van der Waals surface area contributed by atoms with Crippen molar-refractivity contribution in [2.45, 2.75) is 6.61 Å². The number of carbonyl (C=O) groups is 1. The number of hydrogen-bond acceptors (Lipinski definition) is 4. The maximum Gasteiger partial charge on any atom is 0.275 e. The first-order chi connectivity index (χ1) is 13.0. The van der Waals surface area contributed by atoms with Crippen molar-refractivity contribution >= 4 is 73.6 Å². The normalized spacial score (nSPS) is 11.2. The van der Waals surface area contributed by atoms with Crippen LogP contribution >= 0.6 is 45.8 Å². The second-order valence-electron chi connectivity index (χ2n) is 5.72. The first-order valence-electron chi connectivity index (χ1n) is 7.85. The minimum absolute atomic E-state index is 0.0198. The zero-order valence-corrected chi connectivity index (χ0v) is 17.3. The summed E-state index contributed by atoms with van der Waals surface area (Å²) >= 11 is 14.3. The van der Waals surface area contributed by atoms with E-state index in [1.165, 1.54) is 12.4 Å². The first kappa shape index (κ1) is 18.5. The molecule has 0 aliphatic rings. The van der Waals surface area contributed by atoms with E-state index in [1.807, 2.05) is 24.3 Å². The summed E-state index contributed by atoms with van der Waals surface area (Å²) in [6.07, 6.45) is 2.93. The van der Waals surface area contributed by atoms with Crippen molar-refractivity contribution in [1.29, 1.82) is 0 Å². The molecule has 2 aromatic carbocycles. The predicted molar refractivity (Wildman–Crippen MR) is 113 cm³/mol. The molecule has 4 aromatic rings. The Balaban J connectivity index is 1.61. The SMILES string of the molecule is O=C(NOCc1c(Cl)cncc1Cl)c1cccc2oc3ccc(I)cc3c12. The average molecular weight is 513 g/mol. The molecule has 5 nitrogen and oxygen atoms in total. The van der Waals surface area contributed by atoms with E-state index >= 15 is 0 Å². The lowest BCUT2D eigenvalue weighted by molar-refractivity contribution is 0.0235. The number of furan rings is 1. The van der Waals surface area contributed by atoms with Crippen LogP contribution in [0.3, 0.4) is 0 Å². The molecular weight excluding hydrogens is 502 g/mol. The van der Waals surface area contributed by atoms with Crippen LogP contribution in [0.1, 0.15) is 15.9 Å². The van der Waals surface area contributed by atoms with Gasteiger partial charge < -0.3 is 4.42 Å². The van der Waals surface area contributed by atoms with Gasteiger partial charge in [-0.2, -0.15) is 0 Å². The Morgan fingerprint density at radius 2 is 1.93 bits per heavy atom. The fourth-order valence-electron chi connectivity index (χ4n) is 2.79. The molecule has 2 heterocycles. The Kier molecular flexibility index (Phi) is 5.23. The number of amides is 1. The fraction of sp³-hybridized carbons (Fsp3) is 0.0526. The van der Waals surface area contributed by atoms with Gasteiger partial charge in [0.1, 0.15) is 17.8 Å². The number of rotatable bonds is 4. The maximum absolute atomic E-state index is 12.7. The van der Waals surface area contributed by atoms with Gasteiger partial charge in [-0.05, 0) is 52.9 Å². The van der Waals surface area contributed by atoms with Crippen LogP contribution in [0, 0.1) is 3.57 Å². The third kappa shape index (κ3) is 3.62. The molecule has 0 atom stereocenters. The number of fused-ring (bicyclic) bond motifs is 3. The lowest BCUT2D eigenvalue weighted by atomic mass is 10.1. The molecule has 0 aliphatic heterocycles. The largest absolute Gasteiger partial charge is 0.456 e. The van der Waals surface area contributed by atoms with Gasteiger partial charge in [0.25, 0.3) is 5.91 Å². The third-order valence-electron chi connectivity index (χ3n) is 4.04. The van der Waals surface area contributed by atoms with Gasteiger partial charge in [-0.15, -0.1) is 0 Å². The summed E-state index contributed by atoms with van der Waals surface area (Å²) in [5.74, 6) is -0.386. The fourth-order valence-corrected chi connectivity index (χ4v) is 3.76. The van der Waals surface area contributed by atoms with Crippen LogP contribution in [0.25, 0.3) is 21.9 Å². The monoisotopic (exact) mass is 512 g/mol. The Labute approximate surface area is 177 Å². The summed E-state index contributed by atoms with van der Waals surface area (Å²) < 4.78 is 6.89. The summed E-state index contributed by atoms with van der Waals surface area (Å²) in [6.45, 7) is 0.0198. The zero-order valence-electron chi connectivity index (χ0n) is 13.6. The van der Waals surface area contributed by atoms with Crippen molar-refractivity contribution in [2.75, 3.05) is 0 Å². The van der Waals surface area contributed by atoms with E-state index in [1.54, 1.807) is 12.1 Å². The van der Waals surface area contributed by atoms with Gasteiger partial charge in [-0.1, -0.05) is 29.3 Å². The molecule has 0 unspecified atom stereocenters. The number of hydrogen-bond donors (Lipinski definition) is 1. The van der Waals surface area contributed by atoms with E-state index in [2.05, 4.69) is 33.1 Å². The number of nitrogens with zero attached hydrogens (tertiary/aromatic N) is 1. The number of benzene rings is 2. The van der Waals surface area contributed by atoms with E-state index < -0.39 is 0 Å². The lowest BCUT2D eigenvalue weighted by Gasteiger charge is -2.09. The summed E-state index contributed by atoms with van der Waals surface area (Å²) in [6, 6.07) is 11.1. The number of halogens is 3. The molecule has 136 valence electrons. The van der Waals surface area contributed by atoms with Gasteiger partial charge in [0.05, 0.1) is 15.6 Å². The highest BCUT2D eigenvalue weighted by atomic mass is 127. The van der Waals surface area contributed by atoms with Gasteiger partial charge in [-0.3, -0.25) is 14.6 Å². The van der Waals surface area contributed by atoms with Crippen LogP contribution in [-0.2, 0) is 11.4 Å².